The van der Waals surface area contributed by atoms with Crippen LogP contribution in [0, 0.1) is 12.8 Å². The van der Waals surface area contributed by atoms with Crippen LogP contribution in [-0.4, -0.2) is 10.9 Å². The first-order chi connectivity index (χ1) is 11.6. The highest BCUT2D eigenvalue weighted by Gasteiger charge is 2.27. The van der Waals surface area contributed by atoms with Crippen molar-refractivity contribution >= 4 is 28.2 Å². The van der Waals surface area contributed by atoms with Gasteiger partial charge in [-0.25, -0.2) is 0 Å². The van der Waals surface area contributed by atoms with E-state index in [1.54, 1.807) is 12.1 Å². The molecule has 0 aliphatic heterocycles. The van der Waals surface area contributed by atoms with E-state index in [0.717, 1.165) is 24.9 Å². The second-order valence-corrected chi connectivity index (χ2v) is 6.68. The lowest BCUT2D eigenvalue weighted by molar-refractivity contribution is -0.120. The highest BCUT2D eigenvalue weighted by Crippen LogP contribution is 2.32. The number of hydrogen-bond donors (Lipinski definition) is 3. The lowest BCUT2D eigenvalue weighted by Crippen LogP contribution is -2.28. The summed E-state index contributed by atoms with van der Waals surface area (Å²) in [6.07, 6.45) is 2.59. The SMILES string of the molecule is Cc1ccc2[nH]c3c(c2c1)CC(C(=O)Nc1ccc(N)cc1)CC3. The van der Waals surface area contributed by atoms with Crippen molar-refractivity contribution in [1.82, 2.24) is 4.98 Å². The molecule has 1 aliphatic carbocycles. The number of anilines is 2. The second kappa shape index (κ2) is 5.71. The molecule has 1 aromatic heterocycles. The van der Waals surface area contributed by atoms with Crippen molar-refractivity contribution in [3.05, 3.63) is 59.3 Å². The Labute approximate surface area is 141 Å². The number of amides is 1. The lowest BCUT2D eigenvalue weighted by atomic mass is 9.85. The van der Waals surface area contributed by atoms with E-state index in [0.29, 0.717) is 5.69 Å². The van der Waals surface area contributed by atoms with E-state index in [1.807, 2.05) is 12.1 Å². The third-order valence-corrected chi connectivity index (χ3v) is 4.89. The molecular weight excluding hydrogens is 298 g/mol. The summed E-state index contributed by atoms with van der Waals surface area (Å²) in [7, 11) is 0. The Morgan fingerprint density at radius 2 is 2.00 bits per heavy atom. The Morgan fingerprint density at radius 3 is 2.79 bits per heavy atom. The first-order valence-corrected chi connectivity index (χ1v) is 8.36. The summed E-state index contributed by atoms with van der Waals surface area (Å²) in [5, 5.41) is 4.28. The van der Waals surface area contributed by atoms with E-state index in [4.69, 9.17) is 5.73 Å². The molecule has 0 fully saturated rings. The average molecular weight is 319 g/mol. The van der Waals surface area contributed by atoms with Crippen molar-refractivity contribution in [2.24, 2.45) is 5.92 Å². The summed E-state index contributed by atoms with van der Waals surface area (Å²) in [5.41, 5.74) is 12.2. The molecule has 4 N–H and O–H groups in total. The van der Waals surface area contributed by atoms with Gasteiger partial charge in [-0.1, -0.05) is 11.6 Å². The lowest BCUT2D eigenvalue weighted by Gasteiger charge is -2.22. The molecule has 24 heavy (non-hydrogen) atoms. The number of nitrogens with two attached hydrogens (primary N) is 1. The zero-order chi connectivity index (χ0) is 16.7. The smallest absolute Gasteiger partial charge is 0.227 e. The molecule has 1 atom stereocenters. The number of aromatic amines is 1. The maximum atomic E-state index is 12.6. The molecule has 0 saturated heterocycles. The number of benzene rings is 2. The fourth-order valence-electron chi connectivity index (χ4n) is 3.57. The van der Waals surface area contributed by atoms with Gasteiger partial charge in [-0.15, -0.1) is 0 Å². The number of nitrogens with one attached hydrogen (secondary N) is 2. The van der Waals surface area contributed by atoms with Gasteiger partial charge in [-0.2, -0.15) is 0 Å². The van der Waals surface area contributed by atoms with Crippen LogP contribution in [0.25, 0.3) is 10.9 Å². The number of nitrogen functional groups attached to an aromatic ring is 1. The number of hydrogen-bond acceptors (Lipinski definition) is 2. The van der Waals surface area contributed by atoms with Crippen LogP contribution in [0.3, 0.4) is 0 Å². The van der Waals surface area contributed by atoms with Crippen LogP contribution in [-0.2, 0) is 17.6 Å². The summed E-state index contributed by atoms with van der Waals surface area (Å²) in [5.74, 6) is 0.0991. The highest BCUT2D eigenvalue weighted by molar-refractivity contribution is 5.94. The number of aryl methyl sites for hydroxylation is 2. The van der Waals surface area contributed by atoms with E-state index in [9.17, 15) is 4.79 Å². The standard InChI is InChI=1S/C20H21N3O/c1-12-2-8-18-16(10-12)17-11-13(3-9-19(17)23-18)20(24)22-15-6-4-14(21)5-7-15/h2,4-8,10,13,23H,3,9,11,21H2,1H3,(H,22,24). The number of rotatable bonds is 2. The Bertz CT molecular complexity index is 909. The van der Waals surface area contributed by atoms with Gasteiger partial charge in [-0.05, 0) is 68.1 Å². The number of carbonyl (C=O) groups is 1. The predicted molar refractivity (Wildman–Crippen MR) is 98.0 cm³/mol. The minimum atomic E-state index is 0.00886. The molecule has 4 nitrogen and oxygen atoms in total. The molecule has 2 aromatic carbocycles. The third kappa shape index (κ3) is 2.64. The quantitative estimate of drug-likeness (QED) is 0.629. The third-order valence-electron chi connectivity index (χ3n) is 4.89. The summed E-state index contributed by atoms with van der Waals surface area (Å²) >= 11 is 0. The number of fused-ring (bicyclic) bond motifs is 3. The predicted octanol–water partition coefficient (Wildman–Crippen LogP) is 3.80. The molecule has 1 unspecified atom stereocenters. The molecular formula is C20H21N3O. The van der Waals surface area contributed by atoms with Gasteiger partial charge in [0.1, 0.15) is 0 Å². The van der Waals surface area contributed by atoms with Gasteiger partial charge in [0, 0.05) is 33.9 Å². The van der Waals surface area contributed by atoms with E-state index in [2.05, 4.69) is 35.4 Å². The number of carbonyl (C=O) groups excluding carboxylic acids is 1. The zero-order valence-corrected chi connectivity index (χ0v) is 13.7. The Kier molecular flexibility index (Phi) is 3.53. The first kappa shape index (κ1) is 14.8. The average Bonchev–Trinajstić information content (AvgIpc) is 2.94. The zero-order valence-electron chi connectivity index (χ0n) is 13.7. The van der Waals surface area contributed by atoms with Crippen LogP contribution in [0.2, 0.25) is 0 Å². The van der Waals surface area contributed by atoms with Crippen LogP contribution in [0.4, 0.5) is 11.4 Å². The minimum Gasteiger partial charge on any atom is -0.399 e. The fourth-order valence-corrected chi connectivity index (χ4v) is 3.57. The fraction of sp³-hybridized carbons (Fsp3) is 0.250. The molecule has 1 amide bonds. The van der Waals surface area contributed by atoms with Gasteiger partial charge >= 0.3 is 0 Å². The van der Waals surface area contributed by atoms with Crippen molar-refractivity contribution in [2.45, 2.75) is 26.2 Å². The molecule has 1 aliphatic rings. The van der Waals surface area contributed by atoms with Gasteiger partial charge in [0.2, 0.25) is 5.91 Å². The highest BCUT2D eigenvalue weighted by atomic mass is 16.1. The van der Waals surface area contributed by atoms with Gasteiger partial charge in [0.05, 0.1) is 0 Å². The molecule has 0 radical (unpaired) electrons. The molecule has 4 heteroatoms. The first-order valence-electron chi connectivity index (χ1n) is 8.36. The molecule has 3 aromatic rings. The van der Waals surface area contributed by atoms with Crippen LogP contribution in [0.1, 0.15) is 23.2 Å². The molecule has 0 saturated carbocycles. The van der Waals surface area contributed by atoms with E-state index < -0.39 is 0 Å². The van der Waals surface area contributed by atoms with E-state index >= 15 is 0 Å². The summed E-state index contributed by atoms with van der Waals surface area (Å²) in [6.45, 7) is 2.10. The minimum absolute atomic E-state index is 0.00886. The van der Waals surface area contributed by atoms with Crippen LogP contribution in [0.5, 0.6) is 0 Å². The van der Waals surface area contributed by atoms with E-state index in [1.165, 1.54) is 27.7 Å². The summed E-state index contributed by atoms with van der Waals surface area (Å²) < 4.78 is 0. The number of aromatic nitrogens is 1. The summed E-state index contributed by atoms with van der Waals surface area (Å²) in [6, 6.07) is 13.8. The van der Waals surface area contributed by atoms with Gasteiger partial charge < -0.3 is 16.0 Å². The summed E-state index contributed by atoms with van der Waals surface area (Å²) in [4.78, 5) is 16.1. The van der Waals surface area contributed by atoms with Crippen molar-refractivity contribution in [3.63, 3.8) is 0 Å². The van der Waals surface area contributed by atoms with Gasteiger partial charge in [0.15, 0.2) is 0 Å². The van der Waals surface area contributed by atoms with Crippen LogP contribution in [0.15, 0.2) is 42.5 Å². The maximum Gasteiger partial charge on any atom is 0.227 e. The van der Waals surface area contributed by atoms with E-state index in [-0.39, 0.29) is 11.8 Å². The topological polar surface area (TPSA) is 70.9 Å². The molecule has 122 valence electrons. The second-order valence-electron chi connectivity index (χ2n) is 6.68. The van der Waals surface area contributed by atoms with Gasteiger partial charge in [-0.3, -0.25) is 4.79 Å². The van der Waals surface area contributed by atoms with Crippen LogP contribution < -0.4 is 11.1 Å². The van der Waals surface area contributed by atoms with Crippen molar-refractivity contribution < 1.29 is 4.79 Å². The maximum absolute atomic E-state index is 12.6. The number of H-pyrrole nitrogens is 1. The normalized spacial score (nSPS) is 16.8. The Morgan fingerprint density at radius 1 is 1.21 bits per heavy atom. The van der Waals surface area contributed by atoms with Crippen molar-refractivity contribution in [3.8, 4) is 0 Å². The molecule has 1 heterocycles. The Balaban J connectivity index is 1.57. The largest absolute Gasteiger partial charge is 0.399 e. The molecule has 4 rings (SSSR count). The Hall–Kier alpha value is -2.75. The molecule has 0 bridgehead atoms. The van der Waals surface area contributed by atoms with Gasteiger partial charge in [0.25, 0.3) is 0 Å². The monoisotopic (exact) mass is 319 g/mol. The molecule has 0 spiro atoms. The van der Waals surface area contributed by atoms with Crippen LogP contribution >= 0.6 is 0 Å². The van der Waals surface area contributed by atoms with Crippen molar-refractivity contribution in [1.29, 1.82) is 0 Å². The van der Waals surface area contributed by atoms with Crippen molar-refractivity contribution in [2.75, 3.05) is 11.1 Å².